The molecule has 4 nitrogen and oxygen atoms in total. The largest absolute Gasteiger partial charge is 0.324 e. The molecule has 1 atom stereocenters. The van der Waals surface area contributed by atoms with Crippen LogP contribution < -0.4 is 10.2 Å². The molecule has 0 saturated carbocycles. The first-order chi connectivity index (χ1) is 11.5. The summed E-state index contributed by atoms with van der Waals surface area (Å²) in [5, 5.41) is 2.90. The van der Waals surface area contributed by atoms with Crippen LogP contribution in [0.4, 0.5) is 11.4 Å². The Labute approximate surface area is 142 Å². The quantitative estimate of drug-likeness (QED) is 0.898. The Hall–Kier alpha value is -2.62. The molecule has 0 unspecified atom stereocenters. The highest BCUT2D eigenvalue weighted by Gasteiger charge is 2.31. The van der Waals surface area contributed by atoms with Gasteiger partial charge in [0.2, 0.25) is 11.8 Å². The number of carbonyl (C=O) groups is 2. The van der Waals surface area contributed by atoms with Crippen molar-refractivity contribution >= 4 is 23.2 Å². The van der Waals surface area contributed by atoms with Gasteiger partial charge in [-0.15, -0.1) is 0 Å². The molecule has 2 aromatic rings. The van der Waals surface area contributed by atoms with Crippen molar-refractivity contribution in [3.05, 3.63) is 59.7 Å². The van der Waals surface area contributed by atoms with Crippen LogP contribution in [-0.4, -0.2) is 11.8 Å². The van der Waals surface area contributed by atoms with E-state index in [2.05, 4.69) is 31.3 Å². The lowest BCUT2D eigenvalue weighted by molar-refractivity contribution is -0.118. The highest BCUT2D eigenvalue weighted by Crippen LogP contribution is 2.38. The van der Waals surface area contributed by atoms with Crippen molar-refractivity contribution in [2.45, 2.75) is 39.2 Å². The minimum atomic E-state index is -0.299. The van der Waals surface area contributed by atoms with Crippen LogP contribution in [0.3, 0.4) is 0 Å². The normalized spacial score (nSPS) is 17.2. The summed E-state index contributed by atoms with van der Waals surface area (Å²) >= 11 is 0. The first kappa shape index (κ1) is 16.2. The molecule has 1 aliphatic heterocycles. The minimum Gasteiger partial charge on any atom is -0.324 e. The fraction of sp³-hybridized carbons (Fsp3) is 0.300. The molecule has 24 heavy (non-hydrogen) atoms. The second-order valence-corrected chi connectivity index (χ2v) is 6.50. The van der Waals surface area contributed by atoms with Crippen molar-refractivity contribution < 1.29 is 9.59 Å². The number of carbonyl (C=O) groups excluding carboxylic acids is 2. The molecule has 0 saturated heterocycles. The van der Waals surface area contributed by atoms with Crippen molar-refractivity contribution in [2.75, 3.05) is 10.2 Å². The van der Waals surface area contributed by atoms with E-state index in [4.69, 9.17) is 0 Å². The predicted octanol–water partition coefficient (Wildman–Crippen LogP) is 4.25. The fourth-order valence-electron chi connectivity index (χ4n) is 3.18. The molecule has 3 rings (SSSR count). The topological polar surface area (TPSA) is 49.4 Å². The second-order valence-electron chi connectivity index (χ2n) is 6.50. The van der Waals surface area contributed by atoms with E-state index in [0.717, 1.165) is 11.3 Å². The molecule has 0 bridgehead atoms. The maximum Gasteiger partial charge on any atom is 0.226 e. The van der Waals surface area contributed by atoms with Gasteiger partial charge in [-0.05, 0) is 29.2 Å². The predicted molar refractivity (Wildman–Crippen MR) is 96.1 cm³/mol. The van der Waals surface area contributed by atoms with Gasteiger partial charge in [0.25, 0.3) is 0 Å². The highest BCUT2D eigenvalue weighted by molar-refractivity contribution is 6.03. The molecule has 0 aliphatic carbocycles. The van der Waals surface area contributed by atoms with Crippen LogP contribution in [0.2, 0.25) is 0 Å². The lowest BCUT2D eigenvalue weighted by atomic mass is 9.96. The third-order valence-electron chi connectivity index (χ3n) is 4.46. The zero-order valence-corrected chi connectivity index (χ0v) is 14.2. The summed E-state index contributed by atoms with van der Waals surface area (Å²) in [5.74, 6) is 0.294. The molecule has 0 radical (unpaired) electrons. The van der Waals surface area contributed by atoms with E-state index in [0.29, 0.717) is 11.6 Å². The average Bonchev–Trinajstić information content (AvgIpc) is 2.70. The lowest BCUT2D eigenvalue weighted by Gasteiger charge is -2.30. The van der Waals surface area contributed by atoms with Crippen molar-refractivity contribution in [1.29, 1.82) is 0 Å². The highest BCUT2D eigenvalue weighted by atomic mass is 16.2. The number of nitrogens with one attached hydrogen (secondary N) is 1. The standard InChI is InChI=1S/C20H22N2O2/c1-13(2)15-8-10-16(11-9-15)19-12-20(24)21-17-6-4-5-7-18(17)22(19)14(3)23/h4-11,13,19H,12H2,1-3H3,(H,21,24)/t19-/m0/s1. The lowest BCUT2D eigenvalue weighted by Crippen LogP contribution is -2.33. The van der Waals surface area contributed by atoms with Crippen molar-refractivity contribution in [3.63, 3.8) is 0 Å². The second kappa shape index (κ2) is 6.48. The van der Waals surface area contributed by atoms with Crippen LogP contribution in [0, 0.1) is 0 Å². The Bertz CT molecular complexity index is 765. The molecule has 2 amide bonds. The van der Waals surface area contributed by atoms with Gasteiger partial charge in [-0.3, -0.25) is 9.59 Å². The number of amides is 2. The Balaban J connectivity index is 2.07. The van der Waals surface area contributed by atoms with E-state index in [1.165, 1.54) is 5.56 Å². The SMILES string of the molecule is CC(=O)N1c2ccccc2NC(=O)C[C@H]1c1ccc(C(C)C)cc1. The fourth-order valence-corrected chi connectivity index (χ4v) is 3.18. The molecule has 1 heterocycles. The van der Waals surface area contributed by atoms with Crippen LogP contribution in [-0.2, 0) is 9.59 Å². The van der Waals surface area contributed by atoms with Gasteiger partial charge in [-0.25, -0.2) is 0 Å². The number of hydrogen-bond acceptors (Lipinski definition) is 2. The van der Waals surface area contributed by atoms with Gasteiger partial charge in [0, 0.05) is 6.92 Å². The smallest absolute Gasteiger partial charge is 0.226 e. The summed E-state index contributed by atoms with van der Waals surface area (Å²) in [6.45, 7) is 5.83. The van der Waals surface area contributed by atoms with Gasteiger partial charge in [0.1, 0.15) is 0 Å². The van der Waals surface area contributed by atoms with E-state index in [-0.39, 0.29) is 24.3 Å². The molecule has 1 aliphatic rings. The van der Waals surface area contributed by atoms with Crippen LogP contribution >= 0.6 is 0 Å². The van der Waals surface area contributed by atoms with Gasteiger partial charge >= 0.3 is 0 Å². The van der Waals surface area contributed by atoms with E-state index in [9.17, 15) is 9.59 Å². The van der Waals surface area contributed by atoms with Gasteiger partial charge in [0.05, 0.1) is 23.8 Å². The van der Waals surface area contributed by atoms with E-state index in [1.54, 1.807) is 11.8 Å². The molecule has 4 heteroatoms. The zero-order chi connectivity index (χ0) is 17.3. The van der Waals surface area contributed by atoms with Gasteiger partial charge in [-0.1, -0.05) is 50.2 Å². The van der Waals surface area contributed by atoms with Crippen molar-refractivity contribution in [3.8, 4) is 0 Å². The summed E-state index contributed by atoms with van der Waals surface area (Å²) in [4.78, 5) is 26.4. The summed E-state index contributed by atoms with van der Waals surface area (Å²) in [5.41, 5.74) is 3.64. The third kappa shape index (κ3) is 3.04. The summed E-state index contributed by atoms with van der Waals surface area (Å²) in [6.07, 6.45) is 0.245. The van der Waals surface area contributed by atoms with Gasteiger partial charge in [-0.2, -0.15) is 0 Å². The van der Waals surface area contributed by atoms with Crippen LogP contribution in [0.25, 0.3) is 0 Å². The molecule has 0 fully saturated rings. The number of benzene rings is 2. The first-order valence-electron chi connectivity index (χ1n) is 8.26. The number of anilines is 2. The average molecular weight is 322 g/mol. The number of para-hydroxylation sites is 2. The van der Waals surface area contributed by atoms with Crippen LogP contribution in [0.15, 0.2) is 48.5 Å². The van der Waals surface area contributed by atoms with E-state index in [1.807, 2.05) is 36.4 Å². The Morgan fingerprint density at radius 3 is 2.42 bits per heavy atom. The first-order valence-corrected chi connectivity index (χ1v) is 8.26. The van der Waals surface area contributed by atoms with Gasteiger partial charge < -0.3 is 10.2 Å². The number of rotatable bonds is 2. The van der Waals surface area contributed by atoms with Crippen LogP contribution in [0.5, 0.6) is 0 Å². The van der Waals surface area contributed by atoms with E-state index < -0.39 is 0 Å². The molecule has 0 spiro atoms. The number of fused-ring (bicyclic) bond motifs is 1. The van der Waals surface area contributed by atoms with Crippen molar-refractivity contribution in [1.82, 2.24) is 0 Å². The molecule has 124 valence electrons. The molecular formula is C20H22N2O2. The molecule has 1 N–H and O–H groups in total. The van der Waals surface area contributed by atoms with Crippen LogP contribution in [0.1, 0.15) is 50.3 Å². The minimum absolute atomic E-state index is 0.0723. The number of hydrogen-bond donors (Lipinski definition) is 1. The number of nitrogens with zero attached hydrogens (tertiary/aromatic N) is 1. The summed E-state index contributed by atoms with van der Waals surface area (Å²) in [7, 11) is 0. The Kier molecular flexibility index (Phi) is 4.38. The van der Waals surface area contributed by atoms with Crippen molar-refractivity contribution in [2.24, 2.45) is 0 Å². The summed E-state index contributed by atoms with van der Waals surface area (Å²) in [6, 6.07) is 15.3. The summed E-state index contributed by atoms with van der Waals surface area (Å²) < 4.78 is 0. The zero-order valence-electron chi connectivity index (χ0n) is 14.2. The van der Waals surface area contributed by atoms with Gasteiger partial charge in [0.15, 0.2) is 0 Å². The molecular weight excluding hydrogens is 300 g/mol. The molecule has 0 aromatic heterocycles. The monoisotopic (exact) mass is 322 g/mol. The maximum atomic E-state index is 12.4. The maximum absolute atomic E-state index is 12.4. The Morgan fingerprint density at radius 1 is 1.12 bits per heavy atom. The third-order valence-corrected chi connectivity index (χ3v) is 4.46. The van der Waals surface area contributed by atoms with E-state index >= 15 is 0 Å². The Morgan fingerprint density at radius 2 is 1.79 bits per heavy atom. The molecule has 2 aromatic carbocycles.